The van der Waals surface area contributed by atoms with Crippen molar-refractivity contribution in [1.82, 2.24) is 0 Å². The Hall–Kier alpha value is -0.520. The molecule has 0 radical (unpaired) electrons. The SMILES string of the molecule is CC=C(CC(F)(F)F)OP(=O)(O)O. The van der Waals surface area contributed by atoms with Crippen molar-refractivity contribution >= 4 is 7.82 Å². The fourth-order valence-corrected chi connectivity index (χ4v) is 1.01. The molecule has 0 saturated carbocycles. The lowest BCUT2D eigenvalue weighted by molar-refractivity contribution is -0.131. The van der Waals surface area contributed by atoms with Crippen LogP contribution in [0.5, 0.6) is 0 Å². The Morgan fingerprint density at radius 1 is 1.54 bits per heavy atom. The first-order chi connectivity index (χ1) is 5.64. The minimum atomic E-state index is -4.89. The van der Waals surface area contributed by atoms with Gasteiger partial charge in [0, 0.05) is 0 Å². The molecule has 0 aliphatic carbocycles. The third kappa shape index (κ3) is 7.83. The largest absolute Gasteiger partial charge is 0.524 e. The minimum Gasteiger partial charge on any atom is -0.409 e. The fraction of sp³-hybridized carbons (Fsp3) is 0.600. The third-order valence-electron chi connectivity index (χ3n) is 0.933. The molecule has 78 valence electrons. The molecule has 0 aromatic carbocycles. The van der Waals surface area contributed by atoms with E-state index < -0.39 is 26.2 Å². The van der Waals surface area contributed by atoms with Crippen LogP contribution in [0.15, 0.2) is 11.8 Å². The Kier molecular flexibility index (Phi) is 3.96. The van der Waals surface area contributed by atoms with Crippen LogP contribution >= 0.6 is 7.82 Å². The third-order valence-corrected chi connectivity index (χ3v) is 1.41. The van der Waals surface area contributed by atoms with Gasteiger partial charge in [-0.05, 0) is 13.0 Å². The molecule has 0 heterocycles. The topological polar surface area (TPSA) is 66.8 Å². The molecule has 0 aromatic rings. The normalized spacial score (nSPS) is 14.5. The second-order valence-electron chi connectivity index (χ2n) is 2.13. The summed E-state index contributed by atoms with van der Waals surface area (Å²) < 4.78 is 49.0. The average molecular weight is 220 g/mol. The average Bonchev–Trinajstić information content (AvgIpc) is 1.79. The summed E-state index contributed by atoms with van der Waals surface area (Å²) in [5.41, 5.74) is 0. The minimum absolute atomic E-state index is 0.791. The molecule has 0 amide bonds. The molecule has 2 N–H and O–H groups in total. The van der Waals surface area contributed by atoms with Gasteiger partial charge in [0.1, 0.15) is 12.2 Å². The van der Waals surface area contributed by atoms with Gasteiger partial charge in [-0.3, -0.25) is 9.79 Å². The molecule has 0 unspecified atom stereocenters. The van der Waals surface area contributed by atoms with Gasteiger partial charge >= 0.3 is 14.0 Å². The zero-order chi connectivity index (χ0) is 10.7. The Labute approximate surface area is 72.3 Å². The van der Waals surface area contributed by atoms with Gasteiger partial charge in [-0.2, -0.15) is 13.2 Å². The molecule has 0 aliphatic heterocycles. The highest BCUT2D eigenvalue weighted by molar-refractivity contribution is 7.46. The van der Waals surface area contributed by atoms with Crippen molar-refractivity contribution in [2.45, 2.75) is 19.5 Å². The highest BCUT2D eigenvalue weighted by Gasteiger charge is 2.32. The van der Waals surface area contributed by atoms with E-state index in [2.05, 4.69) is 4.52 Å². The van der Waals surface area contributed by atoms with Crippen LogP contribution in [-0.2, 0) is 9.09 Å². The maximum absolute atomic E-state index is 11.7. The molecule has 0 atom stereocenters. The first kappa shape index (κ1) is 12.5. The van der Waals surface area contributed by atoms with E-state index in [1.165, 1.54) is 6.92 Å². The van der Waals surface area contributed by atoms with Crippen LogP contribution in [-0.4, -0.2) is 16.0 Å². The summed E-state index contributed by atoms with van der Waals surface area (Å²) >= 11 is 0. The molecule has 0 saturated heterocycles. The molecule has 0 fully saturated rings. The molecular weight excluding hydrogens is 212 g/mol. The monoisotopic (exact) mass is 220 g/mol. The second kappa shape index (κ2) is 4.13. The standard InChI is InChI=1S/C5H8F3O4P/c1-2-4(3-5(6,7)8)12-13(9,10)11/h2H,3H2,1H3,(H2,9,10,11). The van der Waals surface area contributed by atoms with E-state index in [9.17, 15) is 17.7 Å². The second-order valence-corrected chi connectivity index (χ2v) is 3.29. The molecule has 13 heavy (non-hydrogen) atoms. The fourth-order valence-electron chi connectivity index (χ4n) is 0.537. The highest BCUT2D eigenvalue weighted by atomic mass is 31.2. The van der Waals surface area contributed by atoms with Gasteiger partial charge in [0.15, 0.2) is 0 Å². The molecule has 0 spiro atoms. The zero-order valence-electron chi connectivity index (χ0n) is 6.58. The Morgan fingerprint density at radius 2 is 2.00 bits per heavy atom. The maximum atomic E-state index is 11.7. The summed E-state index contributed by atoms with van der Waals surface area (Å²) in [5.74, 6) is -0.791. The molecule has 8 heteroatoms. The van der Waals surface area contributed by atoms with Crippen LogP contribution in [0, 0.1) is 0 Å². The van der Waals surface area contributed by atoms with Gasteiger partial charge in [0.05, 0.1) is 0 Å². The summed E-state index contributed by atoms with van der Waals surface area (Å²) in [6.07, 6.45) is -5.18. The van der Waals surface area contributed by atoms with Crippen molar-refractivity contribution in [1.29, 1.82) is 0 Å². The van der Waals surface area contributed by atoms with Gasteiger partial charge in [0.25, 0.3) is 0 Å². The van der Waals surface area contributed by atoms with E-state index in [1.807, 2.05) is 0 Å². The Morgan fingerprint density at radius 3 is 2.23 bits per heavy atom. The van der Waals surface area contributed by atoms with Gasteiger partial charge in [-0.15, -0.1) is 0 Å². The van der Waals surface area contributed by atoms with E-state index in [4.69, 9.17) is 9.79 Å². The molecule has 0 bridgehead atoms. The van der Waals surface area contributed by atoms with Crippen molar-refractivity contribution < 1.29 is 32.0 Å². The lowest BCUT2D eigenvalue weighted by Gasteiger charge is -2.12. The smallest absolute Gasteiger partial charge is 0.409 e. The number of hydrogen-bond donors (Lipinski definition) is 2. The number of rotatable bonds is 3. The molecule has 0 aliphatic rings. The van der Waals surface area contributed by atoms with Crippen LogP contribution in [0.1, 0.15) is 13.3 Å². The number of hydrogen-bond acceptors (Lipinski definition) is 2. The Bertz CT molecular complexity index is 241. The van der Waals surface area contributed by atoms with Crippen LogP contribution in [0.2, 0.25) is 0 Å². The maximum Gasteiger partial charge on any atom is 0.524 e. The van der Waals surface area contributed by atoms with Crippen molar-refractivity contribution in [3.05, 3.63) is 11.8 Å². The summed E-state index contributed by atoms with van der Waals surface area (Å²) in [6.45, 7) is 1.19. The Balaban J connectivity index is 4.33. The molecule has 0 aromatic heterocycles. The van der Waals surface area contributed by atoms with Crippen LogP contribution in [0.4, 0.5) is 13.2 Å². The lowest BCUT2D eigenvalue weighted by atomic mass is 10.3. The zero-order valence-corrected chi connectivity index (χ0v) is 7.47. The molecule has 0 rings (SSSR count). The van der Waals surface area contributed by atoms with E-state index in [1.54, 1.807) is 0 Å². The molecule has 4 nitrogen and oxygen atoms in total. The van der Waals surface area contributed by atoms with Gasteiger partial charge in [-0.25, -0.2) is 4.57 Å². The lowest BCUT2D eigenvalue weighted by Crippen LogP contribution is -2.09. The highest BCUT2D eigenvalue weighted by Crippen LogP contribution is 2.41. The number of phosphoric ester groups is 1. The number of halogens is 3. The molecular formula is C5H8F3O4P. The van der Waals surface area contributed by atoms with Crippen LogP contribution in [0.3, 0.4) is 0 Å². The van der Waals surface area contributed by atoms with Crippen LogP contribution < -0.4 is 0 Å². The van der Waals surface area contributed by atoms with Gasteiger partial charge in [-0.1, -0.05) is 0 Å². The van der Waals surface area contributed by atoms with Gasteiger partial charge < -0.3 is 4.52 Å². The van der Waals surface area contributed by atoms with Crippen LogP contribution in [0.25, 0.3) is 0 Å². The summed E-state index contributed by atoms with van der Waals surface area (Å²) in [6, 6.07) is 0. The van der Waals surface area contributed by atoms with Crippen molar-refractivity contribution in [3.8, 4) is 0 Å². The number of allylic oxidation sites excluding steroid dienone is 2. The van der Waals surface area contributed by atoms with Gasteiger partial charge in [0.2, 0.25) is 0 Å². The van der Waals surface area contributed by atoms with Crippen molar-refractivity contribution in [3.63, 3.8) is 0 Å². The van der Waals surface area contributed by atoms with E-state index in [0.717, 1.165) is 6.08 Å². The van der Waals surface area contributed by atoms with E-state index in [0.29, 0.717) is 0 Å². The number of alkyl halides is 3. The first-order valence-electron chi connectivity index (χ1n) is 3.11. The first-order valence-corrected chi connectivity index (χ1v) is 4.64. The van der Waals surface area contributed by atoms with E-state index in [-0.39, 0.29) is 0 Å². The summed E-state index contributed by atoms with van der Waals surface area (Å²) in [5, 5.41) is 0. The summed E-state index contributed by atoms with van der Waals surface area (Å²) in [4.78, 5) is 16.4. The van der Waals surface area contributed by atoms with Crippen molar-refractivity contribution in [2.75, 3.05) is 0 Å². The van der Waals surface area contributed by atoms with E-state index >= 15 is 0 Å². The predicted molar refractivity (Wildman–Crippen MR) is 37.6 cm³/mol. The quantitative estimate of drug-likeness (QED) is 0.563. The predicted octanol–water partition coefficient (Wildman–Crippen LogP) is 1.95. The number of phosphoric acid groups is 1. The summed E-state index contributed by atoms with van der Waals surface area (Å²) in [7, 11) is -4.89. The van der Waals surface area contributed by atoms with Crippen molar-refractivity contribution in [2.24, 2.45) is 0 Å².